The van der Waals surface area contributed by atoms with Crippen molar-refractivity contribution in [1.29, 1.82) is 0 Å². The zero-order valence-electron chi connectivity index (χ0n) is 10.1. The Kier molecular flexibility index (Phi) is 3.76. The van der Waals surface area contributed by atoms with Crippen LogP contribution in [0.15, 0.2) is 47.4 Å². The molecule has 0 aliphatic heterocycles. The van der Waals surface area contributed by atoms with Crippen LogP contribution in [0.5, 0.6) is 0 Å². The highest BCUT2D eigenvalue weighted by molar-refractivity contribution is 7.84. The number of carboxylic acids is 1. The summed E-state index contributed by atoms with van der Waals surface area (Å²) in [4.78, 5) is 11.3. The molecule has 0 aliphatic carbocycles. The van der Waals surface area contributed by atoms with Crippen LogP contribution in [0.1, 0.15) is 10.4 Å². The van der Waals surface area contributed by atoms with E-state index in [0.717, 1.165) is 5.56 Å². The van der Waals surface area contributed by atoms with Crippen molar-refractivity contribution in [1.82, 2.24) is 0 Å². The number of rotatable bonds is 3. The molecule has 0 saturated heterocycles. The third kappa shape index (κ3) is 2.88. The molecule has 0 heterocycles. The molecule has 0 bridgehead atoms. The number of hydrogen-bond donors (Lipinski definition) is 1. The van der Waals surface area contributed by atoms with Gasteiger partial charge in [-0.15, -0.1) is 0 Å². The fraction of sp³-hybridized carbons (Fsp3) is 0.0714. The predicted octanol–water partition coefficient (Wildman–Crippen LogP) is 2.93. The van der Waals surface area contributed by atoms with Gasteiger partial charge in [-0.05, 0) is 35.4 Å². The molecule has 2 aromatic carbocycles. The number of carbonyl (C=O) groups is 1. The van der Waals surface area contributed by atoms with Gasteiger partial charge in [0.1, 0.15) is 5.82 Å². The Morgan fingerprint density at radius 2 is 1.68 bits per heavy atom. The van der Waals surface area contributed by atoms with E-state index < -0.39 is 16.8 Å². The van der Waals surface area contributed by atoms with Crippen molar-refractivity contribution >= 4 is 16.8 Å². The fourth-order valence-corrected chi connectivity index (χ4v) is 2.52. The largest absolute Gasteiger partial charge is 0.478 e. The topological polar surface area (TPSA) is 54.4 Å². The highest BCUT2D eigenvalue weighted by Gasteiger charge is 2.14. The maximum Gasteiger partial charge on any atom is 0.336 e. The summed E-state index contributed by atoms with van der Waals surface area (Å²) in [6.07, 6.45) is 1.43. The van der Waals surface area contributed by atoms with Crippen molar-refractivity contribution in [3.8, 4) is 11.1 Å². The van der Waals surface area contributed by atoms with Crippen molar-refractivity contribution < 1.29 is 18.5 Å². The molecule has 5 heteroatoms. The summed E-state index contributed by atoms with van der Waals surface area (Å²) in [5.41, 5.74) is 1.46. The van der Waals surface area contributed by atoms with E-state index in [4.69, 9.17) is 5.11 Å². The third-order valence-electron chi connectivity index (χ3n) is 2.70. The van der Waals surface area contributed by atoms with E-state index in [1.165, 1.54) is 24.5 Å². The monoisotopic (exact) mass is 278 g/mol. The average molecular weight is 278 g/mol. The first-order chi connectivity index (χ1) is 8.99. The highest BCUT2D eigenvalue weighted by atomic mass is 32.2. The Morgan fingerprint density at radius 1 is 1.11 bits per heavy atom. The van der Waals surface area contributed by atoms with Gasteiger partial charge in [-0.3, -0.25) is 4.21 Å². The van der Waals surface area contributed by atoms with Gasteiger partial charge in [-0.1, -0.05) is 18.2 Å². The quantitative estimate of drug-likeness (QED) is 0.939. The summed E-state index contributed by atoms with van der Waals surface area (Å²) in [6.45, 7) is 0. The van der Waals surface area contributed by atoms with E-state index in [-0.39, 0.29) is 16.3 Å². The van der Waals surface area contributed by atoms with Gasteiger partial charge in [0.15, 0.2) is 0 Å². The zero-order chi connectivity index (χ0) is 14.0. The molecule has 1 unspecified atom stereocenters. The second kappa shape index (κ2) is 5.32. The molecule has 19 heavy (non-hydrogen) atoms. The second-order valence-electron chi connectivity index (χ2n) is 3.98. The number of carboxylic acid groups (broad SMARTS) is 1. The van der Waals surface area contributed by atoms with Gasteiger partial charge in [-0.2, -0.15) is 0 Å². The molecule has 1 N–H and O–H groups in total. The molecule has 0 fully saturated rings. The Balaban J connectivity index is 2.55. The smallest absolute Gasteiger partial charge is 0.336 e. The van der Waals surface area contributed by atoms with E-state index >= 15 is 0 Å². The van der Waals surface area contributed by atoms with Crippen molar-refractivity contribution in [2.75, 3.05) is 6.26 Å². The normalized spacial score (nSPS) is 12.1. The van der Waals surface area contributed by atoms with Crippen LogP contribution in [0.2, 0.25) is 0 Å². The SMILES string of the molecule is CS(=O)c1cc(-c2ccc(F)cc2)ccc1C(=O)O. The molecule has 98 valence electrons. The van der Waals surface area contributed by atoms with E-state index in [1.54, 1.807) is 24.3 Å². The zero-order valence-corrected chi connectivity index (χ0v) is 10.9. The number of aromatic carboxylic acids is 1. The van der Waals surface area contributed by atoms with Crippen LogP contribution in [0.3, 0.4) is 0 Å². The summed E-state index contributed by atoms with van der Waals surface area (Å²) in [7, 11) is -1.40. The van der Waals surface area contributed by atoms with E-state index in [9.17, 15) is 13.4 Å². The molecular formula is C14H11FO3S. The number of benzene rings is 2. The summed E-state index contributed by atoms with van der Waals surface area (Å²) >= 11 is 0. The van der Waals surface area contributed by atoms with Crippen molar-refractivity contribution in [2.24, 2.45) is 0 Å². The maximum absolute atomic E-state index is 12.9. The lowest BCUT2D eigenvalue weighted by Gasteiger charge is -2.07. The van der Waals surface area contributed by atoms with Crippen LogP contribution in [-0.2, 0) is 10.8 Å². The predicted molar refractivity (Wildman–Crippen MR) is 71.1 cm³/mol. The van der Waals surface area contributed by atoms with Crippen LogP contribution in [0.25, 0.3) is 11.1 Å². The third-order valence-corrected chi connectivity index (χ3v) is 3.66. The molecule has 3 nitrogen and oxygen atoms in total. The molecule has 0 amide bonds. The molecule has 2 aromatic rings. The molecule has 0 aliphatic rings. The average Bonchev–Trinajstić information content (AvgIpc) is 2.38. The first-order valence-electron chi connectivity index (χ1n) is 5.46. The number of halogens is 1. The van der Waals surface area contributed by atoms with Crippen molar-refractivity contribution in [3.05, 3.63) is 53.8 Å². The molecule has 2 rings (SSSR count). The van der Waals surface area contributed by atoms with Crippen LogP contribution < -0.4 is 0 Å². The summed E-state index contributed by atoms with van der Waals surface area (Å²) in [6, 6.07) is 10.4. The molecule has 0 spiro atoms. The lowest BCUT2D eigenvalue weighted by Crippen LogP contribution is -2.03. The van der Waals surface area contributed by atoms with Gasteiger partial charge in [0.25, 0.3) is 0 Å². The molecular weight excluding hydrogens is 267 g/mol. The van der Waals surface area contributed by atoms with E-state index in [0.29, 0.717) is 5.56 Å². The van der Waals surface area contributed by atoms with E-state index in [2.05, 4.69) is 0 Å². The van der Waals surface area contributed by atoms with E-state index in [1.807, 2.05) is 0 Å². The van der Waals surface area contributed by atoms with Gasteiger partial charge < -0.3 is 5.11 Å². The second-order valence-corrected chi connectivity index (χ2v) is 5.33. The molecule has 0 aromatic heterocycles. The summed E-state index contributed by atoms with van der Waals surface area (Å²) in [5, 5.41) is 9.03. The minimum atomic E-state index is -1.40. The Labute approximate surface area is 112 Å². The van der Waals surface area contributed by atoms with Crippen molar-refractivity contribution in [2.45, 2.75) is 4.90 Å². The van der Waals surface area contributed by atoms with Gasteiger partial charge >= 0.3 is 5.97 Å². The minimum absolute atomic E-state index is 0.0201. The molecule has 1 atom stereocenters. The Bertz CT molecular complexity index is 650. The Morgan fingerprint density at radius 3 is 2.21 bits per heavy atom. The maximum atomic E-state index is 12.9. The van der Waals surface area contributed by atoms with Gasteiger partial charge in [0, 0.05) is 6.26 Å². The first-order valence-corrected chi connectivity index (χ1v) is 7.01. The number of hydrogen-bond acceptors (Lipinski definition) is 2. The van der Waals surface area contributed by atoms with Crippen LogP contribution >= 0.6 is 0 Å². The standard InChI is InChI=1S/C14H11FO3S/c1-19(18)13-8-10(4-7-12(13)14(16)17)9-2-5-11(15)6-3-9/h2-8H,1H3,(H,16,17). The lowest BCUT2D eigenvalue weighted by atomic mass is 10.0. The van der Waals surface area contributed by atoms with Crippen LogP contribution in [0, 0.1) is 5.82 Å². The Hall–Kier alpha value is -2.01. The summed E-state index contributed by atoms with van der Waals surface area (Å²) < 4.78 is 24.4. The first kappa shape index (κ1) is 13.4. The van der Waals surface area contributed by atoms with Crippen LogP contribution in [0.4, 0.5) is 4.39 Å². The van der Waals surface area contributed by atoms with Crippen LogP contribution in [-0.4, -0.2) is 21.5 Å². The molecule has 0 radical (unpaired) electrons. The van der Waals surface area contributed by atoms with Crippen molar-refractivity contribution in [3.63, 3.8) is 0 Å². The molecule has 0 saturated carbocycles. The lowest BCUT2D eigenvalue weighted by molar-refractivity contribution is 0.0693. The summed E-state index contributed by atoms with van der Waals surface area (Å²) in [5.74, 6) is -1.46. The fourth-order valence-electron chi connectivity index (χ4n) is 1.76. The van der Waals surface area contributed by atoms with Gasteiger partial charge in [0.05, 0.1) is 21.3 Å². The van der Waals surface area contributed by atoms with Gasteiger partial charge in [-0.25, -0.2) is 9.18 Å². The minimum Gasteiger partial charge on any atom is -0.478 e. The highest BCUT2D eigenvalue weighted by Crippen LogP contribution is 2.24. The van der Waals surface area contributed by atoms with Gasteiger partial charge in [0.2, 0.25) is 0 Å².